The second-order valence-electron chi connectivity index (χ2n) is 6.13. The molecule has 0 unspecified atom stereocenters. The number of carbonyl (C=O) groups excluding carboxylic acids is 1. The van der Waals surface area contributed by atoms with Crippen molar-refractivity contribution < 1.29 is 9.90 Å². The van der Waals surface area contributed by atoms with E-state index < -0.39 is 0 Å². The Morgan fingerprint density at radius 2 is 2.04 bits per heavy atom. The van der Waals surface area contributed by atoms with E-state index in [1.807, 2.05) is 31.2 Å². The van der Waals surface area contributed by atoms with Gasteiger partial charge in [-0.3, -0.25) is 4.79 Å². The Bertz CT molecular complexity index is 712. The van der Waals surface area contributed by atoms with E-state index in [1.54, 1.807) is 6.07 Å². The van der Waals surface area contributed by atoms with Gasteiger partial charge in [0.05, 0.1) is 11.4 Å². The first-order valence-corrected chi connectivity index (χ1v) is 8.22. The van der Waals surface area contributed by atoms with E-state index in [4.69, 9.17) is 0 Å². The van der Waals surface area contributed by atoms with E-state index in [9.17, 15) is 9.90 Å². The van der Waals surface area contributed by atoms with Crippen LogP contribution in [0, 0.1) is 12.8 Å². The Kier molecular flexibility index (Phi) is 5.05. The number of aliphatic hydroxyl groups excluding tert-OH is 1. The lowest BCUT2D eigenvalue weighted by atomic mass is 9.97. The first-order valence-electron chi connectivity index (χ1n) is 8.22. The van der Waals surface area contributed by atoms with Gasteiger partial charge in [0.2, 0.25) is 0 Å². The molecule has 0 aliphatic carbocycles. The molecule has 0 spiro atoms. The van der Waals surface area contributed by atoms with Crippen LogP contribution >= 0.6 is 0 Å². The maximum atomic E-state index is 12.4. The summed E-state index contributed by atoms with van der Waals surface area (Å²) < 4.78 is 0. The molecule has 1 aliphatic rings. The molecule has 1 aliphatic heterocycles. The SMILES string of the molecule is Cc1cc(C(=O)Nc2ccccc2N2CCC(CO)CC2)ncn1. The molecule has 1 saturated heterocycles. The summed E-state index contributed by atoms with van der Waals surface area (Å²) in [5.41, 5.74) is 2.90. The highest BCUT2D eigenvalue weighted by Gasteiger charge is 2.21. The monoisotopic (exact) mass is 326 g/mol. The number of benzene rings is 1. The predicted octanol–water partition coefficient (Wildman–Crippen LogP) is 2.25. The summed E-state index contributed by atoms with van der Waals surface area (Å²) in [7, 11) is 0. The number of amides is 1. The summed E-state index contributed by atoms with van der Waals surface area (Å²) in [5.74, 6) is 0.144. The van der Waals surface area contributed by atoms with Crippen LogP contribution in [0.25, 0.3) is 0 Å². The van der Waals surface area contributed by atoms with Crippen molar-refractivity contribution in [2.24, 2.45) is 5.92 Å². The minimum atomic E-state index is -0.238. The zero-order chi connectivity index (χ0) is 16.9. The highest BCUT2D eigenvalue weighted by molar-refractivity contribution is 6.04. The van der Waals surface area contributed by atoms with Gasteiger partial charge in [0.25, 0.3) is 5.91 Å². The quantitative estimate of drug-likeness (QED) is 0.901. The summed E-state index contributed by atoms with van der Waals surface area (Å²) in [6.45, 7) is 3.84. The van der Waals surface area contributed by atoms with Crippen molar-refractivity contribution in [1.82, 2.24) is 9.97 Å². The Hall–Kier alpha value is -2.47. The molecule has 0 atom stereocenters. The molecular formula is C18H22N4O2. The largest absolute Gasteiger partial charge is 0.396 e. The summed E-state index contributed by atoms with van der Waals surface area (Å²) in [6.07, 6.45) is 3.32. The number of hydrogen-bond donors (Lipinski definition) is 2. The summed E-state index contributed by atoms with van der Waals surface area (Å²) in [6, 6.07) is 9.47. The van der Waals surface area contributed by atoms with Crippen LogP contribution in [0.1, 0.15) is 29.0 Å². The first kappa shape index (κ1) is 16.4. The van der Waals surface area contributed by atoms with Crippen LogP contribution in [-0.2, 0) is 0 Å². The molecule has 0 saturated carbocycles. The lowest BCUT2D eigenvalue weighted by Gasteiger charge is -2.34. The number of nitrogens with one attached hydrogen (secondary N) is 1. The van der Waals surface area contributed by atoms with E-state index in [1.165, 1.54) is 6.33 Å². The molecule has 2 heterocycles. The van der Waals surface area contributed by atoms with Crippen LogP contribution in [0.15, 0.2) is 36.7 Å². The minimum absolute atomic E-state index is 0.238. The van der Waals surface area contributed by atoms with Gasteiger partial charge >= 0.3 is 0 Å². The number of para-hydroxylation sites is 2. The van der Waals surface area contributed by atoms with Crippen LogP contribution in [0.5, 0.6) is 0 Å². The first-order chi connectivity index (χ1) is 11.7. The fraction of sp³-hybridized carbons (Fsp3) is 0.389. The number of carbonyl (C=O) groups is 1. The predicted molar refractivity (Wildman–Crippen MR) is 93.2 cm³/mol. The van der Waals surface area contributed by atoms with Gasteiger partial charge in [-0.15, -0.1) is 0 Å². The van der Waals surface area contributed by atoms with Gasteiger partial charge in [0.1, 0.15) is 12.0 Å². The summed E-state index contributed by atoms with van der Waals surface area (Å²) >= 11 is 0. The number of hydrogen-bond acceptors (Lipinski definition) is 5. The normalized spacial score (nSPS) is 15.3. The van der Waals surface area contributed by atoms with Crippen molar-refractivity contribution in [3.63, 3.8) is 0 Å². The number of nitrogens with zero attached hydrogens (tertiary/aromatic N) is 3. The number of aromatic nitrogens is 2. The fourth-order valence-electron chi connectivity index (χ4n) is 2.98. The Labute approximate surface area is 141 Å². The zero-order valence-electron chi connectivity index (χ0n) is 13.8. The van der Waals surface area contributed by atoms with Gasteiger partial charge in [-0.2, -0.15) is 0 Å². The van der Waals surface area contributed by atoms with E-state index in [0.29, 0.717) is 11.6 Å². The van der Waals surface area contributed by atoms with Crippen LogP contribution < -0.4 is 10.2 Å². The van der Waals surface area contributed by atoms with Gasteiger partial charge < -0.3 is 15.3 Å². The van der Waals surface area contributed by atoms with Gasteiger partial charge in [0.15, 0.2) is 0 Å². The molecule has 24 heavy (non-hydrogen) atoms. The molecule has 1 aromatic heterocycles. The number of aryl methyl sites for hydroxylation is 1. The number of aliphatic hydroxyl groups is 1. The maximum absolute atomic E-state index is 12.4. The average Bonchev–Trinajstić information content (AvgIpc) is 2.62. The molecular weight excluding hydrogens is 304 g/mol. The lowest BCUT2D eigenvalue weighted by molar-refractivity contribution is 0.102. The van der Waals surface area contributed by atoms with Gasteiger partial charge in [0, 0.05) is 25.4 Å². The van der Waals surface area contributed by atoms with Gasteiger partial charge in [-0.25, -0.2) is 9.97 Å². The van der Waals surface area contributed by atoms with Crippen molar-refractivity contribution in [3.8, 4) is 0 Å². The molecule has 2 aromatic rings. The van der Waals surface area contributed by atoms with Crippen molar-refractivity contribution >= 4 is 17.3 Å². The van der Waals surface area contributed by atoms with Crippen molar-refractivity contribution in [3.05, 3.63) is 48.0 Å². The molecule has 6 heteroatoms. The van der Waals surface area contributed by atoms with E-state index >= 15 is 0 Å². The topological polar surface area (TPSA) is 78.4 Å². The molecule has 0 radical (unpaired) electrons. The third kappa shape index (κ3) is 3.71. The average molecular weight is 326 g/mol. The highest BCUT2D eigenvalue weighted by atomic mass is 16.3. The number of anilines is 2. The highest BCUT2D eigenvalue weighted by Crippen LogP contribution is 2.29. The summed E-state index contributed by atoms with van der Waals surface area (Å²) in [5, 5.41) is 12.2. The molecule has 1 fully saturated rings. The van der Waals surface area contributed by atoms with Gasteiger partial charge in [-0.1, -0.05) is 12.1 Å². The molecule has 0 bridgehead atoms. The van der Waals surface area contributed by atoms with E-state index in [0.717, 1.165) is 43.0 Å². The molecule has 1 amide bonds. The fourth-order valence-corrected chi connectivity index (χ4v) is 2.98. The lowest BCUT2D eigenvalue weighted by Crippen LogP contribution is -2.35. The van der Waals surface area contributed by atoms with Crippen LogP contribution in [0.2, 0.25) is 0 Å². The van der Waals surface area contributed by atoms with Crippen molar-refractivity contribution in [1.29, 1.82) is 0 Å². The molecule has 2 N–H and O–H groups in total. The Morgan fingerprint density at radius 3 is 2.75 bits per heavy atom. The minimum Gasteiger partial charge on any atom is -0.396 e. The molecule has 3 rings (SSSR count). The van der Waals surface area contributed by atoms with Crippen molar-refractivity contribution in [2.75, 3.05) is 29.9 Å². The molecule has 1 aromatic carbocycles. The standard InChI is InChI=1S/C18H22N4O2/c1-13-10-16(20-12-19-13)18(24)21-15-4-2-3-5-17(15)22-8-6-14(11-23)7-9-22/h2-5,10,12,14,23H,6-9,11H2,1H3,(H,21,24). The third-order valence-corrected chi connectivity index (χ3v) is 4.40. The van der Waals surface area contributed by atoms with Crippen LogP contribution in [0.3, 0.4) is 0 Å². The third-order valence-electron chi connectivity index (χ3n) is 4.40. The maximum Gasteiger partial charge on any atom is 0.274 e. The van der Waals surface area contributed by atoms with E-state index in [2.05, 4.69) is 20.2 Å². The molecule has 126 valence electrons. The van der Waals surface area contributed by atoms with Crippen LogP contribution in [0.4, 0.5) is 11.4 Å². The van der Waals surface area contributed by atoms with E-state index in [-0.39, 0.29) is 12.5 Å². The van der Waals surface area contributed by atoms with Gasteiger partial charge in [-0.05, 0) is 43.9 Å². The zero-order valence-corrected chi connectivity index (χ0v) is 13.8. The van der Waals surface area contributed by atoms with Crippen molar-refractivity contribution in [2.45, 2.75) is 19.8 Å². The number of rotatable bonds is 4. The summed E-state index contributed by atoms with van der Waals surface area (Å²) in [4.78, 5) is 22.8. The second-order valence-corrected chi connectivity index (χ2v) is 6.13. The molecule has 6 nitrogen and oxygen atoms in total. The smallest absolute Gasteiger partial charge is 0.274 e. The Morgan fingerprint density at radius 1 is 1.29 bits per heavy atom. The Balaban J connectivity index is 1.76. The second kappa shape index (κ2) is 7.40. The number of piperidine rings is 1. The van der Waals surface area contributed by atoms with Crippen LogP contribution in [-0.4, -0.2) is 40.7 Å².